The Balaban J connectivity index is 1.59. The average molecular weight is 492 g/mol. The van der Waals surface area contributed by atoms with Gasteiger partial charge in [-0.05, 0) is 117 Å². The lowest BCUT2D eigenvalue weighted by molar-refractivity contribution is 0.710. The number of benzene rings is 2. The van der Waals surface area contributed by atoms with Crippen molar-refractivity contribution >= 4 is 17.1 Å². The Morgan fingerprint density at radius 3 is 2.41 bits per heavy atom. The van der Waals surface area contributed by atoms with Crippen molar-refractivity contribution in [1.82, 2.24) is 0 Å². The fourth-order valence-corrected chi connectivity index (χ4v) is 5.29. The highest BCUT2D eigenvalue weighted by Gasteiger charge is 2.22. The summed E-state index contributed by atoms with van der Waals surface area (Å²) in [5.74, 6) is 0. The van der Waals surface area contributed by atoms with Crippen molar-refractivity contribution in [2.24, 2.45) is 4.99 Å². The highest BCUT2D eigenvalue weighted by Crippen LogP contribution is 2.32. The van der Waals surface area contributed by atoms with Gasteiger partial charge in [0.05, 0.1) is 5.71 Å². The van der Waals surface area contributed by atoms with E-state index in [1.54, 1.807) is 0 Å². The van der Waals surface area contributed by atoms with E-state index in [1.165, 1.54) is 44.8 Å². The third kappa shape index (κ3) is 6.60. The van der Waals surface area contributed by atoms with Crippen LogP contribution in [0.1, 0.15) is 61.8 Å². The van der Waals surface area contributed by atoms with Crippen molar-refractivity contribution in [3.05, 3.63) is 119 Å². The van der Waals surface area contributed by atoms with Gasteiger partial charge in [-0.15, -0.1) is 6.58 Å². The van der Waals surface area contributed by atoms with E-state index >= 15 is 0 Å². The van der Waals surface area contributed by atoms with Gasteiger partial charge < -0.3 is 10.6 Å². The molecular formula is C34H41N3. The van der Waals surface area contributed by atoms with Gasteiger partial charge in [0.15, 0.2) is 0 Å². The molecule has 2 N–H and O–H groups in total. The van der Waals surface area contributed by atoms with Gasteiger partial charge in [0.25, 0.3) is 0 Å². The van der Waals surface area contributed by atoms with Crippen LogP contribution in [0.4, 0.5) is 11.4 Å². The molecule has 2 aromatic carbocycles. The van der Waals surface area contributed by atoms with E-state index in [4.69, 9.17) is 10.7 Å². The molecule has 1 aliphatic carbocycles. The van der Waals surface area contributed by atoms with Crippen LogP contribution in [0.2, 0.25) is 0 Å². The molecule has 0 amide bonds. The Hall–Kier alpha value is -3.59. The molecular weight excluding hydrogens is 450 g/mol. The van der Waals surface area contributed by atoms with E-state index in [1.807, 2.05) is 24.3 Å². The van der Waals surface area contributed by atoms with Gasteiger partial charge in [-0.2, -0.15) is 0 Å². The number of aryl methyl sites for hydroxylation is 2. The number of nitrogen functional groups attached to an aromatic ring is 1. The molecule has 0 bridgehead atoms. The molecule has 37 heavy (non-hydrogen) atoms. The predicted molar refractivity (Wildman–Crippen MR) is 161 cm³/mol. The van der Waals surface area contributed by atoms with Crippen LogP contribution in [0.25, 0.3) is 0 Å². The number of hydrogen-bond donors (Lipinski definition) is 1. The van der Waals surface area contributed by atoms with E-state index in [9.17, 15) is 0 Å². The largest absolute Gasteiger partial charge is 0.399 e. The van der Waals surface area contributed by atoms with Gasteiger partial charge in [0.2, 0.25) is 0 Å². The van der Waals surface area contributed by atoms with Crippen LogP contribution >= 0.6 is 0 Å². The van der Waals surface area contributed by atoms with Gasteiger partial charge in [-0.3, -0.25) is 4.99 Å². The molecule has 0 spiro atoms. The molecule has 0 fully saturated rings. The minimum Gasteiger partial charge on any atom is -0.399 e. The highest BCUT2D eigenvalue weighted by atomic mass is 15.1. The monoisotopic (exact) mass is 491 g/mol. The minimum absolute atomic E-state index is 0.809. The summed E-state index contributed by atoms with van der Waals surface area (Å²) in [6.07, 6.45) is 17.8. The molecule has 0 saturated carbocycles. The van der Waals surface area contributed by atoms with Crippen molar-refractivity contribution < 1.29 is 0 Å². The Morgan fingerprint density at radius 2 is 1.76 bits per heavy atom. The lowest BCUT2D eigenvalue weighted by Gasteiger charge is -2.33. The van der Waals surface area contributed by atoms with E-state index in [-0.39, 0.29) is 0 Å². The lowest BCUT2D eigenvalue weighted by Crippen LogP contribution is -2.32. The molecule has 0 unspecified atom stereocenters. The van der Waals surface area contributed by atoms with Crippen LogP contribution < -0.4 is 10.6 Å². The Labute approximate surface area is 223 Å². The van der Waals surface area contributed by atoms with Gasteiger partial charge >= 0.3 is 0 Å². The molecule has 4 rings (SSSR count). The van der Waals surface area contributed by atoms with E-state index in [0.717, 1.165) is 69.4 Å². The molecule has 1 heterocycles. The second-order valence-electron chi connectivity index (χ2n) is 10.2. The quantitative estimate of drug-likeness (QED) is 0.207. The first-order chi connectivity index (χ1) is 18.0. The number of allylic oxidation sites excluding steroid dienone is 8. The maximum Gasteiger partial charge on any atom is 0.0696 e. The van der Waals surface area contributed by atoms with Gasteiger partial charge in [-0.1, -0.05) is 48.6 Å². The van der Waals surface area contributed by atoms with Crippen LogP contribution in [0.3, 0.4) is 0 Å². The van der Waals surface area contributed by atoms with Crippen LogP contribution in [0.15, 0.2) is 102 Å². The number of anilines is 2. The fourth-order valence-electron chi connectivity index (χ4n) is 5.29. The smallest absolute Gasteiger partial charge is 0.0696 e. The molecule has 0 atom stereocenters. The zero-order chi connectivity index (χ0) is 26.2. The Bertz CT molecular complexity index is 1250. The molecule has 1 aliphatic heterocycles. The predicted octanol–water partition coefficient (Wildman–Crippen LogP) is 8.08. The standard InChI is InChI=1S/C34H41N3/c1-5-7-11-26-14-15-27(31-22-23-37(24-32(26)31)30-19-17-29(35)18-20-30)16-21-34(25(3)4)36-33(6-2)28-12-9-8-10-13-28/h5-6,9,12-15,17-20H,1-2,7-8,10-11,16,21-24,35H2,3-4H3. The van der Waals surface area contributed by atoms with Crippen molar-refractivity contribution in [3.8, 4) is 0 Å². The summed E-state index contributed by atoms with van der Waals surface area (Å²) in [5.41, 5.74) is 18.5. The Kier molecular flexibility index (Phi) is 9.00. The molecule has 3 heteroatoms. The number of aliphatic imine (C=N–C) groups is 1. The first kappa shape index (κ1) is 26.5. The normalized spacial score (nSPS) is 15.1. The molecule has 0 aromatic heterocycles. The molecule has 3 nitrogen and oxygen atoms in total. The summed E-state index contributed by atoms with van der Waals surface area (Å²) in [5, 5.41) is 0. The summed E-state index contributed by atoms with van der Waals surface area (Å²) < 4.78 is 0. The van der Waals surface area contributed by atoms with Crippen molar-refractivity contribution in [1.29, 1.82) is 0 Å². The first-order valence-corrected chi connectivity index (χ1v) is 13.6. The Morgan fingerprint density at radius 1 is 1.00 bits per heavy atom. The summed E-state index contributed by atoms with van der Waals surface area (Å²) in [7, 11) is 0. The summed E-state index contributed by atoms with van der Waals surface area (Å²) in [6, 6.07) is 13.0. The fraction of sp³-hybridized carbons (Fsp3) is 0.324. The summed E-state index contributed by atoms with van der Waals surface area (Å²) in [4.78, 5) is 7.57. The zero-order valence-electron chi connectivity index (χ0n) is 22.6. The number of nitrogens with two attached hydrogens (primary N) is 1. The summed E-state index contributed by atoms with van der Waals surface area (Å²) >= 11 is 0. The zero-order valence-corrected chi connectivity index (χ0v) is 22.6. The minimum atomic E-state index is 0.809. The average Bonchev–Trinajstić information content (AvgIpc) is 2.92. The maximum absolute atomic E-state index is 5.94. The second kappa shape index (κ2) is 12.6. The third-order valence-electron chi connectivity index (χ3n) is 7.43. The van der Waals surface area contributed by atoms with Crippen molar-refractivity contribution in [2.75, 3.05) is 17.2 Å². The molecule has 192 valence electrons. The molecule has 2 aliphatic rings. The van der Waals surface area contributed by atoms with Crippen molar-refractivity contribution in [2.45, 2.75) is 65.3 Å². The lowest BCUT2D eigenvalue weighted by atomic mass is 9.87. The maximum atomic E-state index is 5.94. The highest BCUT2D eigenvalue weighted by molar-refractivity contribution is 6.10. The van der Waals surface area contributed by atoms with E-state index in [2.05, 4.69) is 74.4 Å². The second-order valence-corrected chi connectivity index (χ2v) is 10.2. The van der Waals surface area contributed by atoms with Crippen LogP contribution in [0, 0.1) is 0 Å². The topological polar surface area (TPSA) is 41.6 Å². The third-order valence-corrected chi connectivity index (χ3v) is 7.43. The number of nitrogens with zero attached hydrogens (tertiary/aromatic N) is 2. The van der Waals surface area contributed by atoms with Crippen LogP contribution in [-0.2, 0) is 25.8 Å². The van der Waals surface area contributed by atoms with Crippen LogP contribution in [-0.4, -0.2) is 12.3 Å². The van der Waals surface area contributed by atoms with E-state index in [0.29, 0.717) is 0 Å². The SMILES string of the molecule is C=CCCc1ccc(CCC(N=C(C=C)C2=CCCC=C2)=C(C)C)c2c1CN(c1ccc(N)cc1)CC2. The molecule has 0 saturated heterocycles. The summed E-state index contributed by atoms with van der Waals surface area (Å²) in [6.45, 7) is 14.3. The van der Waals surface area contributed by atoms with E-state index < -0.39 is 0 Å². The van der Waals surface area contributed by atoms with Crippen molar-refractivity contribution in [3.63, 3.8) is 0 Å². The van der Waals surface area contributed by atoms with Gasteiger partial charge in [-0.25, -0.2) is 0 Å². The number of fused-ring (bicyclic) bond motifs is 1. The number of rotatable bonds is 10. The first-order valence-electron chi connectivity index (χ1n) is 13.6. The number of hydrogen-bond acceptors (Lipinski definition) is 3. The van der Waals surface area contributed by atoms with Gasteiger partial charge in [0.1, 0.15) is 0 Å². The van der Waals surface area contributed by atoms with Crippen LogP contribution in [0.5, 0.6) is 0 Å². The molecule has 2 aromatic rings. The molecule has 0 radical (unpaired) electrons. The van der Waals surface area contributed by atoms with Gasteiger partial charge in [0, 0.05) is 30.2 Å².